The van der Waals surface area contributed by atoms with Gasteiger partial charge in [-0.25, -0.2) is 9.59 Å². The number of carbonyl (C=O) groups excluding carboxylic acids is 2. The molecule has 2 aromatic carbocycles. The summed E-state index contributed by atoms with van der Waals surface area (Å²) in [6.07, 6.45) is -0.531. The van der Waals surface area contributed by atoms with Crippen molar-refractivity contribution in [3.8, 4) is 0 Å². The van der Waals surface area contributed by atoms with E-state index in [0.29, 0.717) is 5.56 Å². The number of ether oxygens (including phenoxy) is 3. The molecule has 6 nitrogen and oxygen atoms in total. The molecule has 0 bridgehead atoms. The lowest BCUT2D eigenvalue weighted by Gasteiger charge is -2.34. The normalized spacial score (nSPS) is 19.1. The van der Waals surface area contributed by atoms with Crippen LogP contribution < -0.4 is 0 Å². The number of esters is 1. The minimum Gasteiger partial charge on any atom is -0.445 e. The highest BCUT2D eigenvalue weighted by molar-refractivity contribution is 9.09. The fraction of sp³-hybridized carbons (Fsp3) is 0.333. The van der Waals surface area contributed by atoms with Gasteiger partial charge in [0.25, 0.3) is 0 Å². The van der Waals surface area contributed by atoms with Gasteiger partial charge in [0.2, 0.25) is 0 Å². The van der Waals surface area contributed by atoms with Gasteiger partial charge in [-0.1, -0.05) is 48.5 Å². The lowest BCUT2D eigenvalue weighted by Crippen LogP contribution is -2.51. The van der Waals surface area contributed by atoms with Crippen LogP contribution in [0.25, 0.3) is 0 Å². The topological polar surface area (TPSA) is 65.1 Å². The quantitative estimate of drug-likeness (QED) is 0.503. The predicted molar refractivity (Wildman–Crippen MR) is 107 cm³/mol. The number of carbonyl (C=O) groups is 2. The summed E-state index contributed by atoms with van der Waals surface area (Å²) in [5.41, 5.74) is 0.434. The highest BCUT2D eigenvalue weighted by atomic mass is 79.9. The third-order valence-corrected chi connectivity index (χ3v) is 5.25. The molecule has 1 unspecified atom stereocenters. The maximum Gasteiger partial charge on any atom is 0.412 e. The molecule has 7 heteroatoms. The van der Waals surface area contributed by atoms with Crippen molar-refractivity contribution in [3.05, 3.63) is 71.8 Å². The summed E-state index contributed by atoms with van der Waals surface area (Å²) in [5, 5.41) is -0.744. The smallest absolute Gasteiger partial charge is 0.412 e. The Hall–Kier alpha value is -2.38. The Morgan fingerprint density at radius 3 is 2.39 bits per heavy atom. The highest BCUT2D eigenvalue weighted by Gasteiger charge is 2.48. The van der Waals surface area contributed by atoms with Gasteiger partial charge in [0.15, 0.2) is 5.01 Å². The van der Waals surface area contributed by atoms with Crippen LogP contribution in [0.5, 0.6) is 0 Å². The maximum absolute atomic E-state index is 12.8. The van der Waals surface area contributed by atoms with Gasteiger partial charge in [0.1, 0.15) is 18.4 Å². The molecule has 1 saturated heterocycles. The van der Waals surface area contributed by atoms with E-state index in [1.165, 1.54) is 4.90 Å². The Morgan fingerprint density at radius 2 is 1.75 bits per heavy atom. The second kappa shape index (κ2) is 8.75. The fourth-order valence-electron chi connectivity index (χ4n) is 2.99. The molecule has 2 aromatic rings. The Balaban J connectivity index is 1.67. The average molecular weight is 448 g/mol. The van der Waals surface area contributed by atoms with E-state index in [9.17, 15) is 9.59 Å². The van der Waals surface area contributed by atoms with Crippen LogP contribution in [-0.4, -0.2) is 40.3 Å². The summed E-state index contributed by atoms with van der Waals surface area (Å²) in [4.78, 5) is 26.6. The fourth-order valence-corrected chi connectivity index (χ4v) is 3.55. The Bertz CT molecular complexity index is 812. The number of halogens is 1. The molecule has 0 saturated carbocycles. The van der Waals surface area contributed by atoms with E-state index in [1.807, 2.05) is 36.4 Å². The minimum absolute atomic E-state index is 0.149. The monoisotopic (exact) mass is 447 g/mol. The molecule has 1 fully saturated rings. The van der Waals surface area contributed by atoms with E-state index in [-0.39, 0.29) is 13.2 Å². The van der Waals surface area contributed by atoms with Crippen LogP contribution in [-0.2, 0) is 20.8 Å². The van der Waals surface area contributed by atoms with E-state index in [2.05, 4.69) is 15.9 Å². The molecular weight excluding hydrogens is 426 g/mol. The third-order valence-electron chi connectivity index (χ3n) is 4.45. The zero-order valence-corrected chi connectivity index (χ0v) is 17.3. The van der Waals surface area contributed by atoms with Crippen molar-refractivity contribution in [1.82, 2.24) is 4.90 Å². The standard InChI is InChI=1S/C21H22BrNO5/c1-21(2)23(20(25)26-13-15-9-5-3-6-10-15)17(14-27-21)18(22)28-19(24)16-11-7-4-8-12-16/h3-12,17-18H,13-14H2,1-2H3/t17-,18?/m0/s1. The molecule has 0 radical (unpaired) electrons. The SMILES string of the molecule is CC1(C)OC[C@@H](C(Br)OC(=O)c2ccccc2)N1C(=O)OCc1ccccc1. The zero-order chi connectivity index (χ0) is 20.1. The van der Waals surface area contributed by atoms with Crippen LogP contribution in [0.15, 0.2) is 60.7 Å². The van der Waals surface area contributed by atoms with Gasteiger partial charge in [-0.3, -0.25) is 4.90 Å². The lowest BCUT2D eigenvalue weighted by atomic mass is 10.2. The van der Waals surface area contributed by atoms with E-state index in [1.54, 1.807) is 38.1 Å². The Labute approximate surface area is 172 Å². The average Bonchev–Trinajstić information content (AvgIpc) is 3.02. The molecule has 1 aliphatic rings. The largest absolute Gasteiger partial charge is 0.445 e. The van der Waals surface area contributed by atoms with E-state index in [4.69, 9.17) is 14.2 Å². The number of nitrogens with zero attached hydrogens (tertiary/aromatic N) is 1. The number of rotatable bonds is 5. The number of amides is 1. The predicted octanol–water partition coefficient (Wildman–Crippen LogP) is 4.34. The summed E-state index contributed by atoms with van der Waals surface area (Å²) < 4.78 is 16.7. The molecule has 2 atom stereocenters. The second-order valence-electron chi connectivity index (χ2n) is 6.86. The summed E-state index contributed by atoms with van der Waals surface area (Å²) >= 11 is 3.39. The van der Waals surface area contributed by atoms with Gasteiger partial charge in [0, 0.05) is 0 Å². The van der Waals surface area contributed by atoms with Gasteiger partial charge in [-0.05, 0) is 47.5 Å². The van der Waals surface area contributed by atoms with Crippen LogP contribution in [0.1, 0.15) is 29.8 Å². The molecule has 1 aliphatic heterocycles. The van der Waals surface area contributed by atoms with Crippen molar-refractivity contribution in [1.29, 1.82) is 0 Å². The molecule has 1 amide bonds. The molecule has 0 aliphatic carbocycles. The Kier molecular flexibility index (Phi) is 6.36. The van der Waals surface area contributed by atoms with Crippen LogP contribution >= 0.6 is 15.9 Å². The zero-order valence-electron chi connectivity index (χ0n) is 15.7. The molecule has 0 spiro atoms. The second-order valence-corrected chi connectivity index (χ2v) is 7.76. The maximum atomic E-state index is 12.8. The van der Waals surface area contributed by atoms with Crippen molar-refractivity contribution in [2.75, 3.05) is 6.61 Å². The minimum atomic E-state index is -0.885. The number of hydrogen-bond donors (Lipinski definition) is 0. The molecule has 28 heavy (non-hydrogen) atoms. The molecule has 1 heterocycles. The molecule has 3 rings (SSSR count). The molecule has 148 valence electrons. The molecular formula is C21H22BrNO5. The first-order valence-electron chi connectivity index (χ1n) is 8.92. The van der Waals surface area contributed by atoms with Crippen LogP contribution in [0.3, 0.4) is 0 Å². The number of hydrogen-bond acceptors (Lipinski definition) is 5. The van der Waals surface area contributed by atoms with Crippen LogP contribution in [0.2, 0.25) is 0 Å². The lowest BCUT2D eigenvalue weighted by molar-refractivity contribution is -0.0521. The number of alkyl halides is 1. The summed E-state index contributed by atoms with van der Waals surface area (Å²) in [6, 6.07) is 17.6. The number of benzene rings is 2. The first-order chi connectivity index (χ1) is 13.4. The van der Waals surface area contributed by atoms with Crippen molar-refractivity contribution < 1.29 is 23.8 Å². The van der Waals surface area contributed by atoms with Crippen molar-refractivity contribution >= 4 is 28.0 Å². The van der Waals surface area contributed by atoms with Crippen molar-refractivity contribution in [2.45, 2.75) is 37.2 Å². The third kappa shape index (κ3) is 4.72. The Morgan fingerprint density at radius 1 is 1.14 bits per heavy atom. The van der Waals surface area contributed by atoms with Gasteiger partial charge in [-0.15, -0.1) is 0 Å². The van der Waals surface area contributed by atoms with Crippen molar-refractivity contribution in [2.24, 2.45) is 0 Å². The molecule has 0 aromatic heterocycles. The molecule has 0 N–H and O–H groups in total. The van der Waals surface area contributed by atoms with Gasteiger partial charge in [0.05, 0.1) is 12.2 Å². The summed E-state index contributed by atoms with van der Waals surface area (Å²) in [5.74, 6) is -0.482. The van der Waals surface area contributed by atoms with Gasteiger partial charge < -0.3 is 14.2 Å². The summed E-state index contributed by atoms with van der Waals surface area (Å²) in [7, 11) is 0. The van der Waals surface area contributed by atoms with E-state index >= 15 is 0 Å². The highest BCUT2D eigenvalue weighted by Crippen LogP contribution is 2.33. The van der Waals surface area contributed by atoms with Crippen LogP contribution in [0.4, 0.5) is 4.79 Å². The van der Waals surface area contributed by atoms with E-state index in [0.717, 1.165) is 5.56 Å². The first-order valence-corrected chi connectivity index (χ1v) is 9.84. The van der Waals surface area contributed by atoms with Crippen molar-refractivity contribution in [3.63, 3.8) is 0 Å². The van der Waals surface area contributed by atoms with E-state index < -0.39 is 28.8 Å². The first kappa shape index (κ1) is 20.4. The van der Waals surface area contributed by atoms with Crippen LogP contribution in [0, 0.1) is 0 Å². The summed E-state index contributed by atoms with van der Waals surface area (Å²) in [6.45, 7) is 3.91. The van der Waals surface area contributed by atoms with Gasteiger partial charge in [-0.2, -0.15) is 0 Å². The van der Waals surface area contributed by atoms with Gasteiger partial charge >= 0.3 is 12.1 Å².